The lowest BCUT2D eigenvalue weighted by Gasteiger charge is -2.10. The van der Waals surface area contributed by atoms with E-state index in [4.69, 9.17) is 9.47 Å². The number of pyridine rings is 1. The summed E-state index contributed by atoms with van der Waals surface area (Å²) in [6, 6.07) is 0. The molecule has 0 atom stereocenters. The Balaban J connectivity index is 3.15. The number of nitrogens with zero attached hydrogens (tertiary/aromatic N) is 1. The van der Waals surface area contributed by atoms with Gasteiger partial charge in [-0.15, -0.1) is 0 Å². The average molecular weight is 209 g/mol. The largest absolute Gasteiger partial charge is 0.496 e. The Morgan fingerprint density at radius 2 is 2.13 bits per heavy atom. The number of hydrogen-bond acceptors (Lipinski definition) is 4. The molecule has 0 saturated carbocycles. The molecule has 0 amide bonds. The van der Waals surface area contributed by atoms with Crippen LogP contribution < -0.4 is 4.74 Å². The van der Waals surface area contributed by atoms with Crippen molar-refractivity contribution < 1.29 is 14.3 Å². The number of ether oxygens (including phenoxy) is 2. The highest BCUT2D eigenvalue weighted by atomic mass is 16.5. The number of hydrogen-bond donors (Lipinski definition) is 0. The van der Waals surface area contributed by atoms with Crippen molar-refractivity contribution in [2.45, 2.75) is 20.8 Å². The van der Waals surface area contributed by atoms with Gasteiger partial charge in [0.2, 0.25) is 0 Å². The molecule has 1 aromatic rings. The van der Waals surface area contributed by atoms with Gasteiger partial charge in [-0.3, -0.25) is 0 Å². The van der Waals surface area contributed by atoms with Crippen LogP contribution in [0.2, 0.25) is 0 Å². The summed E-state index contributed by atoms with van der Waals surface area (Å²) in [4.78, 5) is 15.6. The molecule has 82 valence electrons. The van der Waals surface area contributed by atoms with Gasteiger partial charge >= 0.3 is 5.97 Å². The van der Waals surface area contributed by atoms with E-state index in [0.29, 0.717) is 18.1 Å². The number of rotatable bonds is 3. The van der Waals surface area contributed by atoms with Crippen molar-refractivity contribution in [3.8, 4) is 5.75 Å². The van der Waals surface area contributed by atoms with Crippen LogP contribution in [0.1, 0.15) is 28.5 Å². The van der Waals surface area contributed by atoms with Crippen LogP contribution in [0, 0.1) is 13.8 Å². The SMILES string of the molecule is CCOC(=O)c1ncc(C)c(OC)c1C. The quantitative estimate of drug-likeness (QED) is 0.713. The van der Waals surface area contributed by atoms with E-state index >= 15 is 0 Å². The second kappa shape index (κ2) is 4.77. The zero-order valence-electron chi connectivity index (χ0n) is 9.46. The second-order valence-corrected chi connectivity index (χ2v) is 3.17. The summed E-state index contributed by atoms with van der Waals surface area (Å²) in [5, 5.41) is 0. The van der Waals surface area contributed by atoms with Gasteiger partial charge in [0.1, 0.15) is 5.75 Å². The normalized spacial score (nSPS) is 9.87. The first-order valence-corrected chi connectivity index (χ1v) is 4.79. The molecule has 0 bridgehead atoms. The van der Waals surface area contributed by atoms with E-state index in [-0.39, 0.29) is 0 Å². The molecule has 0 aliphatic rings. The molecule has 4 heteroatoms. The van der Waals surface area contributed by atoms with Crippen LogP contribution in [-0.2, 0) is 4.74 Å². The molecule has 0 saturated heterocycles. The van der Waals surface area contributed by atoms with Crippen molar-refractivity contribution in [3.05, 3.63) is 23.0 Å². The summed E-state index contributed by atoms with van der Waals surface area (Å²) in [6.45, 7) is 5.79. The molecular formula is C11H15NO3. The maximum absolute atomic E-state index is 11.5. The number of aryl methyl sites for hydroxylation is 1. The van der Waals surface area contributed by atoms with Crippen LogP contribution in [-0.4, -0.2) is 24.7 Å². The van der Waals surface area contributed by atoms with Crippen LogP contribution in [0.5, 0.6) is 5.75 Å². The minimum atomic E-state index is -0.409. The Hall–Kier alpha value is -1.58. The minimum absolute atomic E-state index is 0.319. The topological polar surface area (TPSA) is 48.4 Å². The summed E-state index contributed by atoms with van der Waals surface area (Å²) >= 11 is 0. The first kappa shape index (κ1) is 11.5. The summed E-state index contributed by atoms with van der Waals surface area (Å²) in [5.41, 5.74) is 1.94. The number of methoxy groups -OCH3 is 1. The Bertz CT molecular complexity index is 374. The van der Waals surface area contributed by atoms with Crippen molar-refractivity contribution in [2.75, 3.05) is 13.7 Å². The van der Waals surface area contributed by atoms with Gasteiger partial charge < -0.3 is 9.47 Å². The van der Waals surface area contributed by atoms with E-state index in [1.54, 1.807) is 27.2 Å². The molecule has 1 aromatic heterocycles. The lowest BCUT2D eigenvalue weighted by Crippen LogP contribution is -2.10. The number of aromatic nitrogens is 1. The van der Waals surface area contributed by atoms with Crippen LogP contribution >= 0.6 is 0 Å². The Morgan fingerprint density at radius 3 is 2.67 bits per heavy atom. The van der Waals surface area contributed by atoms with E-state index < -0.39 is 5.97 Å². The smallest absolute Gasteiger partial charge is 0.357 e. The highest BCUT2D eigenvalue weighted by Crippen LogP contribution is 2.24. The predicted molar refractivity (Wildman–Crippen MR) is 56.2 cm³/mol. The average Bonchev–Trinajstić information content (AvgIpc) is 2.18. The monoisotopic (exact) mass is 209 g/mol. The molecule has 0 unspecified atom stereocenters. The molecule has 0 aliphatic heterocycles. The van der Waals surface area contributed by atoms with Crippen molar-refractivity contribution in [2.24, 2.45) is 0 Å². The molecule has 1 rings (SSSR count). The highest BCUT2D eigenvalue weighted by Gasteiger charge is 2.16. The van der Waals surface area contributed by atoms with Crippen LogP contribution in [0.4, 0.5) is 0 Å². The molecule has 0 spiro atoms. The molecule has 0 N–H and O–H groups in total. The van der Waals surface area contributed by atoms with Gasteiger partial charge in [0.15, 0.2) is 5.69 Å². The Kier molecular flexibility index (Phi) is 3.66. The molecule has 0 aromatic carbocycles. The zero-order valence-corrected chi connectivity index (χ0v) is 9.46. The maximum Gasteiger partial charge on any atom is 0.357 e. The minimum Gasteiger partial charge on any atom is -0.496 e. The fourth-order valence-electron chi connectivity index (χ4n) is 1.44. The predicted octanol–water partition coefficient (Wildman–Crippen LogP) is 1.88. The van der Waals surface area contributed by atoms with E-state index in [2.05, 4.69) is 4.98 Å². The standard InChI is InChI=1S/C11H15NO3/c1-5-15-11(13)9-8(3)10(14-4)7(2)6-12-9/h6H,5H2,1-4H3. The first-order valence-electron chi connectivity index (χ1n) is 4.79. The third-order valence-corrected chi connectivity index (χ3v) is 2.11. The molecule has 15 heavy (non-hydrogen) atoms. The number of carbonyl (C=O) groups excluding carboxylic acids is 1. The summed E-state index contributed by atoms with van der Waals surface area (Å²) in [5.74, 6) is 0.279. The van der Waals surface area contributed by atoms with Gasteiger partial charge in [0.05, 0.1) is 13.7 Å². The fourth-order valence-corrected chi connectivity index (χ4v) is 1.44. The fraction of sp³-hybridized carbons (Fsp3) is 0.455. The van der Waals surface area contributed by atoms with Crippen molar-refractivity contribution in [3.63, 3.8) is 0 Å². The van der Waals surface area contributed by atoms with Gasteiger partial charge in [0, 0.05) is 17.3 Å². The van der Waals surface area contributed by atoms with Crippen molar-refractivity contribution >= 4 is 5.97 Å². The van der Waals surface area contributed by atoms with Gasteiger partial charge in [-0.05, 0) is 20.8 Å². The molecule has 0 radical (unpaired) electrons. The summed E-state index contributed by atoms with van der Waals surface area (Å²) < 4.78 is 10.1. The summed E-state index contributed by atoms with van der Waals surface area (Å²) in [6.07, 6.45) is 1.61. The van der Waals surface area contributed by atoms with Gasteiger partial charge in [-0.25, -0.2) is 9.78 Å². The third-order valence-electron chi connectivity index (χ3n) is 2.11. The van der Waals surface area contributed by atoms with Gasteiger partial charge in [-0.2, -0.15) is 0 Å². The lowest BCUT2D eigenvalue weighted by atomic mass is 10.1. The first-order chi connectivity index (χ1) is 7.11. The number of esters is 1. The Labute approximate surface area is 89.2 Å². The lowest BCUT2D eigenvalue weighted by molar-refractivity contribution is 0.0518. The molecule has 0 aliphatic carbocycles. The van der Waals surface area contributed by atoms with Crippen LogP contribution in [0.15, 0.2) is 6.20 Å². The van der Waals surface area contributed by atoms with Gasteiger partial charge in [0.25, 0.3) is 0 Å². The summed E-state index contributed by atoms with van der Waals surface area (Å²) in [7, 11) is 1.57. The van der Waals surface area contributed by atoms with Crippen LogP contribution in [0.25, 0.3) is 0 Å². The van der Waals surface area contributed by atoms with E-state index in [9.17, 15) is 4.79 Å². The molecule has 1 heterocycles. The zero-order chi connectivity index (χ0) is 11.4. The van der Waals surface area contributed by atoms with Crippen molar-refractivity contribution in [1.29, 1.82) is 0 Å². The highest BCUT2D eigenvalue weighted by molar-refractivity contribution is 5.89. The second-order valence-electron chi connectivity index (χ2n) is 3.17. The van der Waals surface area contributed by atoms with Crippen molar-refractivity contribution in [1.82, 2.24) is 4.98 Å². The van der Waals surface area contributed by atoms with E-state index in [0.717, 1.165) is 11.1 Å². The number of carbonyl (C=O) groups is 1. The molecule has 0 fully saturated rings. The maximum atomic E-state index is 11.5. The Morgan fingerprint density at radius 1 is 1.47 bits per heavy atom. The van der Waals surface area contributed by atoms with E-state index in [1.165, 1.54) is 0 Å². The van der Waals surface area contributed by atoms with Crippen LogP contribution in [0.3, 0.4) is 0 Å². The molecular weight excluding hydrogens is 194 g/mol. The van der Waals surface area contributed by atoms with Gasteiger partial charge in [-0.1, -0.05) is 0 Å². The van der Waals surface area contributed by atoms with E-state index in [1.807, 2.05) is 6.92 Å². The third kappa shape index (κ3) is 2.26. The molecule has 4 nitrogen and oxygen atoms in total.